The Balaban J connectivity index is 2.09. The molecule has 1 saturated heterocycles. The fourth-order valence-electron chi connectivity index (χ4n) is 2.57. The van der Waals surface area contributed by atoms with Gasteiger partial charge in [-0.05, 0) is 32.8 Å². The number of aryl methyl sites for hydroxylation is 1. The first-order valence-electron chi connectivity index (χ1n) is 7.62. The number of rotatable bonds is 4. The average Bonchev–Trinajstić information content (AvgIpc) is 2.80. The van der Waals surface area contributed by atoms with E-state index in [1.807, 2.05) is 13.8 Å². The number of esters is 1. The molecule has 0 radical (unpaired) electrons. The molecule has 0 bridgehead atoms. The number of ether oxygens (including phenoxy) is 2. The zero-order chi connectivity index (χ0) is 16.1. The standard InChI is InChI=1S/C15H23N3O4/c1-4-22-14(19)6-5-13-11(2)16-18(12(13)3)15(20)17-7-9-21-10-8-17/h4-10H2,1-3H3. The minimum atomic E-state index is -0.228. The van der Waals surface area contributed by atoms with Crippen LogP contribution in [0.1, 0.15) is 30.3 Å². The zero-order valence-corrected chi connectivity index (χ0v) is 13.4. The Morgan fingerprint density at radius 1 is 1.27 bits per heavy atom. The molecule has 0 unspecified atom stereocenters. The summed E-state index contributed by atoms with van der Waals surface area (Å²) in [7, 11) is 0. The van der Waals surface area contributed by atoms with E-state index in [-0.39, 0.29) is 12.0 Å². The van der Waals surface area contributed by atoms with Gasteiger partial charge in [0, 0.05) is 25.2 Å². The molecule has 7 heteroatoms. The highest BCUT2D eigenvalue weighted by Crippen LogP contribution is 2.16. The summed E-state index contributed by atoms with van der Waals surface area (Å²) in [6.07, 6.45) is 0.833. The maximum absolute atomic E-state index is 12.5. The number of carbonyl (C=O) groups is 2. The number of carbonyl (C=O) groups excluding carboxylic acids is 2. The first kappa shape index (κ1) is 16.5. The van der Waals surface area contributed by atoms with E-state index < -0.39 is 0 Å². The largest absolute Gasteiger partial charge is 0.466 e. The smallest absolute Gasteiger partial charge is 0.345 e. The Labute approximate surface area is 130 Å². The summed E-state index contributed by atoms with van der Waals surface area (Å²) in [5, 5.41) is 4.34. The van der Waals surface area contributed by atoms with E-state index in [1.54, 1.807) is 11.8 Å². The van der Waals surface area contributed by atoms with Crippen LogP contribution in [0.4, 0.5) is 4.79 Å². The zero-order valence-electron chi connectivity index (χ0n) is 13.4. The van der Waals surface area contributed by atoms with Gasteiger partial charge < -0.3 is 14.4 Å². The van der Waals surface area contributed by atoms with Crippen LogP contribution in [0.3, 0.4) is 0 Å². The summed E-state index contributed by atoms with van der Waals surface area (Å²) < 4.78 is 11.6. The molecule has 0 N–H and O–H groups in total. The van der Waals surface area contributed by atoms with Crippen LogP contribution in [0.15, 0.2) is 0 Å². The third-order valence-electron chi connectivity index (χ3n) is 3.79. The second kappa shape index (κ2) is 7.40. The number of hydrogen-bond acceptors (Lipinski definition) is 5. The van der Waals surface area contributed by atoms with Gasteiger partial charge in [0.2, 0.25) is 0 Å². The number of amides is 1. The van der Waals surface area contributed by atoms with Crippen LogP contribution in [0.5, 0.6) is 0 Å². The van der Waals surface area contributed by atoms with Gasteiger partial charge in [-0.15, -0.1) is 0 Å². The van der Waals surface area contributed by atoms with E-state index in [2.05, 4.69) is 5.10 Å². The van der Waals surface area contributed by atoms with Crippen LogP contribution in [0, 0.1) is 13.8 Å². The third kappa shape index (κ3) is 3.65. The van der Waals surface area contributed by atoms with Gasteiger partial charge in [0.15, 0.2) is 0 Å². The van der Waals surface area contributed by atoms with Crippen molar-refractivity contribution < 1.29 is 19.1 Å². The molecule has 1 fully saturated rings. The summed E-state index contributed by atoms with van der Waals surface area (Å²) in [4.78, 5) is 25.7. The number of hydrogen-bond donors (Lipinski definition) is 0. The number of nitrogens with zero attached hydrogens (tertiary/aromatic N) is 3. The molecular weight excluding hydrogens is 286 g/mol. The maximum Gasteiger partial charge on any atom is 0.345 e. The lowest BCUT2D eigenvalue weighted by Gasteiger charge is -2.26. The van der Waals surface area contributed by atoms with Crippen molar-refractivity contribution in [1.29, 1.82) is 0 Å². The Hall–Kier alpha value is -1.89. The topological polar surface area (TPSA) is 73.7 Å². The Kier molecular flexibility index (Phi) is 5.54. The van der Waals surface area contributed by atoms with Crippen LogP contribution in [-0.4, -0.2) is 59.6 Å². The molecule has 0 aromatic carbocycles. The highest BCUT2D eigenvalue weighted by atomic mass is 16.5. The van der Waals surface area contributed by atoms with Crippen LogP contribution in [0.25, 0.3) is 0 Å². The SMILES string of the molecule is CCOC(=O)CCc1c(C)nn(C(=O)N2CCOCC2)c1C. The van der Waals surface area contributed by atoms with Crippen molar-refractivity contribution in [2.75, 3.05) is 32.9 Å². The van der Waals surface area contributed by atoms with Crippen molar-refractivity contribution in [1.82, 2.24) is 14.7 Å². The molecule has 1 aromatic heterocycles. The molecule has 2 heterocycles. The molecule has 2 rings (SSSR count). The van der Waals surface area contributed by atoms with E-state index in [9.17, 15) is 9.59 Å². The van der Waals surface area contributed by atoms with Gasteiger partial charge in [0.1, 0.15) is 0 Å². The molecule has 0 aliphatic carbocycles. The van der Waals surface area contributed by atoms with Gasteiger partial charge in [-0.2, -0.15) is 9.78 Å². The molecule has 7 nitrogen and oxygen atoms in total. The molecule has 122 valence electrons. The van der Waals surface area contributed by atoms with E-state index in [0.717, 1.165) is 17.0 Å². The van der Waals surface area contributed by atoms with Crippen LogP contribution >= 0.6 is 0 Å². The minimum Gasteiger partial charge on any atom is -0.466 e. The van der Waals surface area contributed by atoms with Crippen LogP contribution < -0.4 is 0 Å². The molecule has 1 amide bonds. The fraction of sp³-hybridized carbons (Fsp3) is 0.667. The molecule has 0 atom stereocenters. The van der Waals surface area contributed by atoms with Crippen molar-refractivity contribution in [3.8, 4) is 0 Å². The summed E-state index contributed by atoms with van der Waals surface area (Å²) in [5.74, 6) is -0.228. The van der Waals surface area contributed by atoms with Crippen LogP contribution in [-0.2, 0) is 20.7 Å². The average molecular weight is 309 g/mol. The number of aromatic nitrogens is 2. The summed E-state index contributed by atoms with van der Waals surface area (Å²) in [6.45, 7) is 8.15. The Bertz CT molecular complexity index is 547. The van der Waals surface area contributed by atoms with Crippen molar-refractivity contribution in [3.05, 3.63) is 17.0 Å². The van der Waals surface area contributed by atoms with E-state index in [0.29, 0.717) is 45.8 Å². The van der Waals surface area contributed by atoms with Gasteiger partial charge in [-0.1, -0.05) is 0 Å². The van der Waals surface area contributed by atoms with E-state index in [1.165, 1.54) is 4.68 Å². The predicted molar refractivity (Wildman–Crippen MR) is 79.8 cm³/mol. The second-order valence-corrected chi connectivity index (χ2v) is 5.25. The third-order valence-corrected chi connectivity index (χ3v) is 3.79. The number of morpholine rings is 1. The molecule has 1 aliphatic heterocycles. The van der Waals surface area contributed by atoms with Gasteiger partial charge >= 0.3 is 12.0 Å². The normalized spacial score (nSPS) is 15.0. The van der Waals surface area contributed by atoms with E-state index >= 15 is 0 Å². The predicted octanol–water partition coefficient (Wildman–Crippen LogP) is 1.30. The highest BCUT2D eigenvalue weighted by molar-refractivity contribution is 5.77. The van der Waals surface area contributed by atoms with Gasteiger partial charge in [0.25, 0.3) is 0 Å². The lowest BCUT2D eigenvalue weighted by Crippen LogP contribution is -2.43. The first-order valence-corrected chi connectivity index (χ1v) is 7.62. The summed E-state index contributed by atoms with van der Waals surface area (Å²) in [6, 6.07) is -0.133. The van der Waals surface area contributed by atoms with Crippen molar-refractivity contribution in [3.63, 3.8) is 0 Å². The molecule has 1 aromatic rings. The molecule has 22 heavy (non-hydrogen) atoms. The molecule has 0 saturated carbocycles. The Morgan fingerprint density at radius 3 is 2.59 bits per heavy atom. The lowest BCUT2D eigenvalue weighted by molar-refractivity contribution is -0.143. The maximum atomic E-state index is 12.5. The van der Waals surface area contributed by atoms with Crippen molar-refractivity contribution >= 4 is 12.0 Å². The molecular formula is C15H23N3O4. The van der Waals surface area contributed by atoms with E-state index in [4.69, 9.17) is 9.47 Å². The molecule has 0 spiro atoms. The Morgan fingerprint density at radius 2 is 1.95 bits per heavy atom. The molecule has 1 aliphatic rings. The fourth-order valence-corrected chi connectivity index (χ4v) is 2.57. The van der Waals surface area contributed by atoms with Crippen molar-refractivity contribution in [2.24, 2.45) is 0 Å². The summed E-state index contributed by atoms with van der Waals surface area (Å²) >= 11 is 0. The quantitative estimate of drug-likeness (QED) is 0.784. The highest BCUT2D eigenvalue weighted by Gasteiger charge is 2.23. The van der Waals surface area contributed by atoms with Gasteiger partial charge in [-0.25, -0.2) is 4.79 Å². The van der Waals surface area contributed by atoms with Crippen LogP contribution in [0.2, 0.25) is 0 Å². The van der Waals surface area contributed by atoms with Gasteiger partial charge in [0.05, 0.1) is 25.5 Å². The van der Waals surface area contributed by atoms with Gasteiger partial charge in [-0.3, -0.25) is 4.79 Å². The van der Waals surface area contributed by atoms with Crippen molar-refractivity contribution in [2.45, 2.75) is 33.6 Å². The first-order chi connectivity index (χ1) is 10.5. The monoisotopic (exact) mass is 309 g/mol. The lowest BCUT2D eigenvalue weighted by atomic mass is 10.1. The minimum absolute atomic E-state index is 0.133. The summed E-state index contributed by atoms with van der Waals surface area (Å²) in [5.41, 5.74) is 2.51. The second-order valence-electron chi connectivity index (χ2n) is 5.25.